The van der Waals surface area contributed by atoms with Gasteiger partial charge in [0, 0.05) is 6.61 Å². The van der Waals surface area contributed by atoms with E-state index in [-0.39, 0.29) is 26.3 Å². The van der Waals surface area contributed by atoms with Crippen molar-refractivity contribution < 1.29 is 18.5 Å². The third-order valence-electron chi connectivity index (χ3n) is 4.06. The molecule has 8 nitrogen and oxygen atoms in total. The average Bonchev–Trinajstić information content (AvgIpc) is 3.02. The summed E-state index contributed by atoms with van der Waals surface area (Å²) >= 11 is 0. The first-order valence-corrected chi connectivity index (χ1v) is 7.28. The fourth-order valence-electron chi connectivity index (χ4n) is 2.77. The molecule has 1 unspecified atom stereocenters. The first-order chi connectivity index (χ1) is 10.5. The molecule has 0 aliphatic carbocycles. The Labute approximate surface area is 125 Å². The van der Waals surface area contributed by atoms with Crippen molar-refractivity contribution in [2.75, 3.05) is 32.9 Å². The summed E-state index contributed by atoms with van der Waals surface area (Å²) in [6.07, 6.45) is 1.61. The molecule has 0 bridgehead atoms. The highest BCUT2D eigenvalue weighted by molar-refractivity contribution is 4.91. The average molecular weight is 315 g/mol. The quantitative estimate of drug-likeness (QED) is 0.568. The van der Waals surface area contributed by atoms with Gasteiger partial charge in [-0.1, -0.05) is 0 Å². The maximum atomic E-state index is 13.9. The second-order valence-corrected chi connectivity index (χ2v) is 5.63. The van der Waals surface area contributed by atoms with Gasteiger partial charge in [0.05, 0.1) is 19.4 Å². The largest absolute Gasteiger partial charge is 0.631 e. The maximum absolute atomic E-state index is 13.9. The highest BCUT2D eigenvalue weighted by atomic mass is 19.1. The molecule has 3 rings (SSSR count). The Balaban J connectivity index is 1.99. The van der Waals surface area contributed by atoms with E-state index in [4.69, 9.17) is 9.47 Å². The molecule has 2 aliphatic rings. The van der Waals surface area contributed by atoms with Crippen molar-refractivity contribution in [1.82, 2.24) is 9.13 Å². The summed E-state index contributed by atoms with van der Waals surface area (Å²) in [4.78, 5) is 24.4. The van der Waals surface area contributed by atoms with E-state index in [1.807, 2.05) is 0 Å². The molecule has 2 saturated heterocycles. The number of quaternary nitrogens is 1. The molecule has 0 saturated carbocycles. The molecule has 9 heteroatoms. The summed E-state index contributed by atoms with van der Waals surface area (Å²) in [5.41, 5.74) is -1.78. The van der Waals surface area contributed by atoms with Crippen LogP contribution in [0.15, 0.2) is 15.8 Å². The SMILES string of the molecule is O=c1c(F)cn(C2CCCO2)c(=O)n1C[N+]1([O-])CCOCC1. The molecule has 1 aromatic heterocycles. The molecule has 1 aromatic rings. The Hall–Kier alpha value is -1.55. The Kier molecular flexibility index (Phi) is 4.13. The van der Waals surface area contributed by atoms with Gasteiger partial charge in [-0.15, -0.1) is 0 Å². The highest BCUT2D eigenvalue weighted by Crippen LogP contribution is 2.20. The van der Waals surface area contributed by atoms with Crippen LogP contribution in [0.25, 0.3) is 0 Å². The lowest BCUT2D eigenvalue weighted by Crippen LogP contribution is -2.56. The van der Waals surface area contributed by atoms with Gasteiger partial charge in [-0.25, -0.2) is 9.36 Å². The summed E-state index contributed by atoms with van der Waals surface area (Å²) < 4.78 is 25.3. The minimum Gasteiger partial charge on any atom is -0.631 e. The zero-order valence-electron chi connectivity index (χ0n) is 12.1. The molecular weight excluding hydrogens is 297 g/mol. The molecular formula is C13H18FN3O5. The first kappa shape index (κ1) is 15.3. The Morgan fingerprint density at radius 1 is 1.32 bits per heavy atom. The van der Waals surface area contributed by atoms with Gasteiger partial charge in [0.15, 0.2) is 6.67 Å². The minimum atomic E-state index is -1.07. The summed E-state index contributed by atoms with van der Waals surface area (Å²) in [5.74, 6) is -1.06. The maximum Gasteiger partial charge on any atom is 0.337 e. The van der Waals surface area contributed by atoms with E-state index in [0.29, 0.717) is 17.6 Å². The van der Waals surface area contributed by atoms with Crippen LogP contribution in [0, 0.1) is 11.0 Å². The van der Waals surface area contributed by atoms with Gasteiger partial charge < -0.3 is 19.3 Å². The van der Waals surface area contributed by atoms with Crippen LogP contribution in [0.1, 0.15) is 19.1 Å². The summed E-state index contributed by atoms with van der Waals surface area (Å²) in [6.45, 7) is 0.841. The lowest BCUT2D eigenvalue weighted by Gasteiger charge is -2.44. The van der Waals surface area contributed by atoms with Gasteiger partial charge in [0.2, 0.25) is 5.82 Å². The number of nitrogens with zero attached hydrogens (tertiary/aromatic N) is 3. The van der Waals surface area contributed by atoms with E-state index in [9.17, 15) is 19.2 Å². The van der Waals surface area contributed by atoms with Crippen LogP contribution in [0.4, 0.5) is 4.39 Å². The zero-order chi connectivity index (χ0) is 15.7. The van der Waals surface area contributed by atoms with Gasteiger partial charge in [-0.3, -0.25) is 9.36 Å². The topological polar surface area (TPSA) is 85.5 Å². The molecule has 3 heterocycles. The molecule has 2 aliphatic heterocycles. The van der Waals surface area contributed by atoms with Crippen LogP contribution in [-0.4, -0.2) is 46.7 Å². The van der Waals surface area contributed by atoms with Gasteiger partial charge >= 0.3 is 5.69 Å². The summed E-state index contributed by atoms with van der Waals surface area (Å²) in [6, 6.07) is 0. The fraction of sp³-hybridized carbons (Fsp3) is 0.692. The molecule has 1 atom stereocenters. The fourth-order valence-corrected chi connectivity index (χ4v) is 2.77. The van der Waals surface area contributed by atoms with E-state index in [1.165, 1.54) is 0 Å². The summed E-state index contributed by atoms with van der Waals surface area (Å²) in [5, 5.41) is 12.5. The van der Waals surface area contributed by atoms with Crippen LogP contribution in [-0.2, 0) is 16.1 Å². The van der Waals surface area contributed by atoms with Crippen LogP contribution in [0.5, 0.6) is 0 Å². The number of rotatable bonds is 3. The lowest BCUT2D eigenvalue weighted by atomic mass is 10.3. The van der Waals surface area contributed by atoms with Gasteiger partial charge in [0.25, 0.3) is 5.56 Å². The van der Waals surface area contributed by atoms with E-state index in [0.717, 1.165) is 17.2 Å². The van der Waals surface area contributed by atoms with Gasteiger partial charge in [-0.2, -0.15) is 4.39 Å². The summed E-state index contributed by atoms with van der Waals surface area (Å²) in [7, 11) is 0. The number of halogens is 1. The van der Waals surface area contributed by atoms with E-state index in [1.54, 1.807) is 0 Å². The van der Waals surface area contributed by atoms with Crippen molar-refractivity contribution in [3.05, 3.63) is 38.1 Å². The van der Waals surface area contributed by atoms with Crippen molar-refractivity contribution in [1.29, 1.82) is 0 Å². The Bertz CT molecular complexity index is 659. The Morgan fingerprint density at radius 3 is 2.68 bits per heavy atom. The van der Waals surface area contributed by atoms with Gasteiger partial charge in [0.1, 0.15) is 19.3 Å². The number of hydrogen-bond donors (Lipinski definition) is 0. The second-order valence-electron chi connectivity index (χ2n) is 5.63. The normalized spacial score (nSPS) is 24.5. The number of hydrogen-bond acceptors (Lipinski definition) is 5. The first-order valence-electron chi connectivity index (χ1n) is 7.28. The van der Waals surface area contributed by atoms with Crippen molar-refractivity contribution in [3.63, 3.8) is 0 Å². The molecule has 0 aromatic carbocycles. The third kappa shape index (κ3) is 2.84. The molecule has 22 heavy (non-hydrogen) atoms. The standard InChI is InChI=1S/C13H18FN3O5/c14-10-8-15(11-2-1-5-22-11)13(19)16(12(10)18)9-17(20)3-6-21-7-4-17/h8,11H,1-7,9H2. The number of ether oxygens (including phenoxy) is 2. The van der Waals surface area contributed by atoms with Crippen molar-refractivity contribution >= 4 is 0 Å². The third-order valence-corrected chi connectivity index (χ3v) is 4.06. The predicted octanol–water partition coefficient (Wildman–Crippen LogP) is -0.240. The van der Waals surface area contributed by atoms with Crippen molar-refractivity contribution in [3.8, 4) is 0 Å². The number of hydroxylamine groups is 3. The lowest BCUT2D eigenvalue weighted by molar-refractivity contribution is -0.910. The second kappa shape index (κ2) is 5.92. The molecule has 122 valence electrons. The molecule has 2 fully saturated rings. The van der Waals surface area contributed by atoms with Crippen LogP contribution in [0.2, 0.25) is 0 Å². The van der Waals surface area contributed by atoms with Crippen molar-refractivity contribution in [2.24, 2.45) is 0 Å². The molecule has 0 N–H and O–H groups in total. The predicted molar refractivity (Wildman–Crippen MR) is 73.3 cm³/mol. The number of aromatic nitrogens is 2. The van der Waals surface area contributed by atoms with Gasteiger partial charge in [-0.05, 0) is 12.8 Å². The number of morpholine rings is 1. The van der Waals surface area contributed by atoms with Crippen LogP contribution >= 0.6 is 0 Å². The smallest absolute Gasteiger partial charge is 0.337 e. The molecule has 0 spiro atoms. The monoisotopic (exact) mass is 315 g/mol. The van der Waals surface area contributed by atoms with Crippen molar-refractivity contribution in [2.45, 2.75) is 25.7 Å². The van der Waals surface area contributed by atoms with Crippen LogP contribution < -0.4 is 11.2 Å². The van der Waals surface area contributed by atoms with E-state index < -0.39 is 34.6 Å². The zero-order valence-corrected chi connectivity index (χ0v) is 12.1. The van der Waals surface area contributed by atoms with E-state index >= 15 is 0 Å². The van der Waals surface area contributed by atoms with E-state index in [2.05, 4.69) is 0 Å². The van der Waals surface area contributed by atoms with Crippen LogP contribution in [0.3, 0.4) is 0 Å². The molecule has 0 radical (unpaired) electrons. The Morgan fingerprint density at radius 2 is 2.05 bits per heavy atom. The highest BCUT2D eigenvalue weighted by Gasteiger charge is 2.27. The molecule has 0 amide bonds. The minimum absolute atomic E-state index is 0.127.